The van der Waals surface area contributed by atoms with Crippen LogP contribution in [0.25, 0.3) is 0 Å². The van der Waals surface area contributed by atoms with Gasteiger partial charge in [0.25, 0.3) is 0 Å². The van der Waals surface area contributed by atoms with Crippen LogP contribution in [0.1, 0.15) is 13.8 Å². The van der Waals surface area contributed by atoms with E-state index < -0.39 is 12.0 Å². The zero-order valence-electron chi connectivity index (χ0n) is 11.1. The highest BCUT2D eigenvalue weighted by Gasteiger charge is 2.15. The lowest BCUT2D eigenvalue weighted by Crippen LogP contribution is -2.45. The number of carboxylic acid groups (broad SMARTS) is 1. The predicted molar refractivity (Wildman–Crippen MR) is 65.6 cm³/mol. The minimum atomic E-state index is -1.06. The molecule has 0 aromatic heterocycles. The van der Waals surface area contributed by atoms with Gasteiger partial charge in [0.15, 0.2) is 0 Å². The van der Waals surface area contributed by atoms with E-state index in [0.717, 1.165) is 0 Å². The van der Waals surface area contributed by atoms with Crippen LogP contribution in [0.4, 0.5) is 4.79 Å². The Labute approximate surface area is 107 Å². The molecule has 0 aliphatic rings. The van der Waals surface area contributed by atoms with E-state index in [4.69, 9.17) is 14.6 Å². The first-order valence-electron chi connectivity index (χ1n) is 5.82. The summed E-state index contributed by atoms with van der Waals surface area (Å²) < 4.78 is 10.1. The smallest absolute Gasteiger partial charge is 0.323 e. The second-order valence-corrected chi connectivity index (χ2v) is 3.96. The van der Waals surface area contributed by atoms with E-state index in [-0.39, 0.29) is 19.2 Å². The number of rotatable bonds is 9. The van der Waals surface area contributed by atoms with Gasteiger partial charge in [-0.3, -0.25) is 4.79 Å². The molecule has 18 heavy (non-hydrogen) atoms. The van der Waals surface area contributed by atoms with Gasteiger partial charge in [0.05, 0.1) is 19.3 Å². The van der Waals surface area contributed by atoms with Crippen LogP contribution in [0, 0.1) is 0 Å². The summed E-state index contributed by atoms with van der Waals surface area (Å²) in [6.07, 6.45) is 0.102. The summed E-state index contributed by atoms with van der Waals surface area (Å²) in [5.74, 6) is -1.06. The van der Waals surface area contributed by atoms with Crippen LogP contribution >= 0.6 is 0 Å². The first kappa shape index (κ1) is 16.7. The standard InChI is InChI=1S/C11H22N2O5/c1-9(2)18-6-4-12-11(16)13(5-7-17-3)8-10(14)15/h9H,4-8H2,1-3H3,(H,12,16)(H,14,15). The summed E-state index contributed by atoms with van der Waals surface area (Å²) in [7, 11) is 1.49. The van der Waals surface area contributed by atoms with E-state index in [1.807, 2.05) is 13.8 Å². The van der Waals surface area contributed by atoms with Crippen LogP contribution in [0.3, 0.4) is 0 Å². The lowest BCUT2D eigenvalue weighted by Gasteiger charge is -2.20. The number of nitrogens with one attached hydrogen (secondary N) is 1. The van der Waals surface area contributed by atoms with Crippen molar-refractivity contribution in [2.24, 2.45) is 0 Å². The van der Waals surface area contributed by atoms with Gasteiger partial charge in [-0.1, -0.05) is 0 Å². The second-order valence-electron chi connectivity index (χ2n) is 3.96. The molecule has 0 heterocycles. The van der Waals surface area contributed by atoms with Crippen molar-refractivity contribution in [3.05, 3.63) is 0 Å². The topological polar surface area (TPSA) is 88.1 Å². The first-order valence-corrected chi connectivity index (χ1v) is 5.82. The summed E-state index contributed by atoms with van der Waals surface area (Å²) in [6, 6.07) is -0.429. The maximum Gasteiger partial charge on any atom is 0.323 e. The number of urea groups is 1. The van der Waals surface area contributed by atoms with Gasteiger partial charge in [-0.05, 0) is 13.8 Å². The van der Waals surface area contributed by atoms with Gasteiger partial charge in [0, 0.05) is 20.2 Å². The van der Waals surface area contributed by atoms with Crippen molar-refractivity contribution < 1.29 is 24.2 Å². The molecule has 7 nitrogen and oxygen atoms in total. The number of methoxy groups -OCH3 is 1. The molecule has 0 aliphatic carbocycles. The highest BCUT2D eigenvalue weighted by molar-refractivity contribution is 5.80. The number of aliphatic carboxylic acids is 1. The first-order chi connectivity index (χ1) is 8.47. The number of carbonyl (C=O) groups is 2. The molecule has 0 aromatic carbocycles. The zero-order valence-corrected chi connectivity index (χ0v) is 11.1. The van der Waals surface area contributed by atoms with Gasteiger partial charge in [0.2, 0.25) is 0 Å². The number of hydrogen-bond donors (Lipinski definition) is 2. The van der Waals surface area contributed by atoms with Crippen LogP contribution in [0.2, 0.25) is 0 Å². The molecule has 0 rings (SSSR count). The van der Waals surface area contributed by atoms with Gasteiger partial charge in [-0.2, -0.15) is 0 Å². The molecule has 0 aromatic rings. The van der Waals surface area contributed by atoms with Gasteiger partial charge >= 0.3 is 12.0 Å². The van der Waals surface area contributed by atoms with Crippen molar-refractivity contribution in [2.75, 3.05) is 40.0 Å². The van der Waals surface area contributed by atoms with Crippen molar-refractivity contribution in [3.8, 4) is 0 Å². The maximum atomic E-state index is 11.7. The third-order valence-corrected chi connectivity index (χ3v) is 2.01. The number of ether oxygens (including phenoxy) is 2. The molecule has 0 bridgehead atoms. The summed E-state index contributed by atoms with van der Waals surface area (Å²) in [4.78, 5) is 23.5. The minimum absolute atomic E-state index is 0.102. The van der Waals surface area contributed by atoms with E-state index in [9.17, 15) is 9.59 Å². The Morgan fingerprint density at radius 1 is 1.33 bits per heavy atom. The molecule has 0 unspecified atom stereocenters. The fourth-order valence-corrected chi connectivity index (χ4v) is 1.18. The highest BCUT2D eigenvalue weighted by Crippen LogP contribution is 1.91. The van der Waals surface area contributed by atoms with E-state index in [2.05, 4.69) is 5.32 Å². The number of hydrogen-bond acceptors (Lipinski definition) is 4. The molecule has 0 spiro atoms. The number of amides is 2. The largest absolute Gasteiger partial charge is 0.480 e. The van der Waals surface area contributed by atoms with Gasteiger partial charge < -0.3 is 24.8 Å². The Morgan fingerprint density at radius 3 is 2.50 bits per heavy atom. The van der Waals surface area contributed by atoms with Crippen molar-refractivity contribution in [1.29, 1.82) is 0 Å². The minimum Gasteiger partial charge on any atom is -0.480 e. The van der Waals surface area contributed by atoms with Crippen molar-refractivity contribution in [2.45, 2.75) is 20.0 Å². The van der Waals surface area contributed by atoms with Crippen LogP contribution in [-0.4, -0.2) is 68.1 Å². The average Bonchev–Trinajstić information content (AvgIpc) is 2.29. The van der Waals surface area contributed by atoms with E-state index >= 15 is 0 Å². The van der Waals surface area contributed by atoms with Gasteiger partial charge in [-0.25, -0.2) is 4.79 Å². The van der Waals surface area contributed by atoms with Crippen LogP contribution in [0.15, 0.2) is 0 Å². The highest BCUT2D eigenvalue weighted by atomic mass is 16.5. The molecular formula is C11H22N2O5. The van der Waals surface area contributed by atoms with Crippen molar-refractivity contribution in [1.82, 2.24) is 10.2 Å². The van der Waals surface area contributed by atoms with Crippen molar-refractivity contribution in [3.63, 3.8) is 0 Å². The summed E-state index contributed by atoms with van der Waals surface area (Å²) in [5, 5.41) is 11.3. The van der Waals surface area contributed by atoms with Gasteiger partial charge in [-0.15, -0.1) is 0 Å². The maximum absolute atomic E-state index is 11.7. The number of carboxylic acids is 1. The third-order valence-electron chi connectivity index (χ3n) is 2.01. The molecule has 2 N–H and O–H groups in total. The quantitative estimate of drug-likeness (QED) is 0.578. The Balaban J connectivity index is 3.99. The Kier molecular flexibility index (Phi) is 8.95. The fraction of sp³-hybridized carbons (Fsp3) is 0.818. The molecule has 106 valence electrons. The summed E-state index contributed by atoms with van der Waals surface area (Å²) in [5.41, 5.74) is 0. The molecular weight excluding hydrogens is 240 g/mol. The molecule has 0 saturated carbocycles. The van der Waals surface area contributed by atoms with Crippen LogP contribution < -0.4 is 5.32 Å². The molecule has 0 radical (unpaired) electrons. The van der Waals surface area contributed by atoms with Crippen LogP contribution in [-0.2, 0) is 14.3 Å². The van der Waals surface area contributed by atoms with Gasteiger partial charge in [0.1, 0.15) is 6.54 Å². The lowest BCUT2D eigenvalue weighted by atomic mass is 10.5. The monoisotopic (exact) mass is 262 g/mol. The Bertz CT molecular complexity index is 258. The SMILES string of the molecule is COCCN(CC(=O)O)C(=O)NCCOC(C)C. The molecule has 0 atom stereocenters. The molecule has 0 aliphatic heterocycles. The summed E-state index contributed by atoms with van der Waals surface area (Å²) >= 11 is 0. The zero-order chi connectivity index (χ0) is 14.0. The third kappa shape index (κ3) is 8.77. The van der Waals surface area contributed by atoms with E-state index in [1.54, 1.807) is 0 Å². The molecule has 0 saturated heterocycles. The molecule has 0 fully saturated rings. The predicted octanol–water partition coefficient (Wildman–Crippen LogP) is 0.154. The molecule has 2 amide bonds. The Hall–Kier alpha value is -1.34. The lowest BCUT2D eigenvalue weighted by molar-refractivity contribution is -0.137. The number of carbonyl (C=O) groups excluding carboxylic acids is 1. The number of nitrogens with zero attached hydrogens (tertiary/aromatic N) is 1. The van der Waals surface area contributed by atoms with Crippen LogP contribution in [0.5, 0.6) is 0 Å². The normalized spacial score (nSPS) is 10.4. The summed E-state index contributed by atoms with van der Waals surface area (Å²) in [6.45, 7) is 4.73. The fourth-order valence-electron chi connectivity index (χ4n) is 1.18. The van der Waals surface area contributed by atoms with Crippen molar-refractivity contribution >= 4 is 12.0 Å². The molecule has 7 heteroatoms. The second kappa shape index (κ2) is 9.67. The van der Waals surface area contributed by atoms with E-state index in [1.165, 1.54) is 12.0 Å². The average molecular weight is 262 g/mol. The van der Waals surface area contributed by atoms with E-state index in [0.29, 0.717) is 19.8 Å². The Morgan fingerprint density at radius 2 is 2.00 bits per heavy atom.